The second kappa shape index (κ2) is 4.86. The van der Waals surface area contributed by atoms with E-state index in [2.05, 4.69) is 15.1 Å². The van der Waals surface area contributed by atoms with Gasteiger partial charge in [-0.25, -0.2) is 0 Å². The maximum absolute atomic E-state index is 5.98. The van der Waals surface area contributed by atoms with Crippen molar-refractivity contribution in [2.45, 2.75) is 37.6 Å². The van der Waals surface area contributed by atoms with Crippen molar-refractivity contribution >= 4 is 0 Å². The van der Waals surface area contributed by atoms with Crippen LogP contribution in [0.2, 0.25) is 0 Å². The Morgan fingerprint density at radius 3 is 3.06 bits per heavy atom. The van der Waals surface area contributed by atoms with Crippen LogP contribution in [0.4, 0.5) is 0 Å². The highest BCUT2D eigenvalue weighted by molar-refractivity contribution is 5.51. The van der Waals surface area contributed by atoms with Crippen molar-refractivity contribution in [1.82, 2.24) is 15.1 Å². The molecule has 2 atom stereocenters. The van der Waals surface area contributed by atoms with Gasteiger partial charge in [0.1, 0.15) is 0 Å². The molecule has 2 unspecified atom stereocenters. The summed E-state index contributed by atoms with van der Waals surface area (Å²) in [5, 5.41) is 4.02. The zero-order chi connectivity index (χ0) is 12.4. The van der Waals surface area contributed by atoms with E-state index in [4.69, 9.17) is 10.3 Å². The molecule has 2 N–H and O–H groups in total. The lowest BCUT2D eigenvalue weighted by atomic mass is 9.86. The van der Waals surface area contributed by atoms with Crippen LogP contribution < -0.4 is 5.73 Å². The Balaban J connectivity index is 1.81. The number of pyridine rings is 1. The molecule has 0 radical (unpaired) electrons. The van der Waals surface area contributed by atoms with E-state index in [-0.39, 0.29) is 6.04 Å². The van der Waals surface area contributed by atoms with Crippen LogP contribution in [-0.2, 0) is 0 Å². The molecular weight excluding hydrogens is 228 g/mol. The molecular formula is C13H16N4O. The molecule has 0 spiro atoms. The Morgan fingerprint density at radius 2 is 2.28 bits per heavy atom. The summed E-state index contributed by atoms with van der Waals surface area (Å²) in [6.45, 7) is 0. The predicted octanol–water partition coefficient (Wildman–Crippen LogP) is 2.12. The van der Waals surface area contributed by atoms with E-state index in [1.54, 1.807) is 12.4 Å². The second-order valence-corrected chi connectivity index (χ2v) is 4.82. The van der Waals surface area contributed by atoms with Gasteiger partial charge >= 0.3 is 0 Å². The smallest absolute Gasteiger partial charge is 0.230 e. The van der Waals surface area contributed by atoms with Crippen molar-refractivity contribution in [2.24, 2.45) is 5.73 Å². The lowest BCUT2D eigenvalue weighted by Gasteiger charge is -2.23. The Hall–Kier alpha value is -1.75. The topological polar surface area (TPSA) is 77.8 Å². The Morgan fingerprint density at radius 1 is 1.33 bits per heavy atom. The van der Waals surface area contributed by atoms with Gasteiger partial charge in [-0.05, 0) is 31.4 Å². The van der Waals surface area contributed by atoms with E-state index in [1.165, 1.54) is 0 Å². The first kappa shape index (κ1) is 11.3. The van der Waals surface area contributed by atoms with Gasteiger partial charge in [0.25, 0.3) is 0 Å². The average Bonchev–Trinajstić information content (AvgIpc) is 2.89. The van der Waals surface area contributed by atoms with Crippen molar-refractivity contribution in [1.29, 1.82) is 0 Å². The number of hydrogen-bond donors (Lipinski definition) is 1. The van der Waals surface area contributed by atoms with Crippen molar-refractivity contribution in [3.63, 3.8) is 0 Å². The number of rotatable bonds is 2. The van der Waals surface area contributed by atoms with Crippen molar-refractivity contribution in [2.75, 3.05) is 0 Å². The van der Waals surface area contributed by atoms with Gasteiger partial charge in [-0.15, -0.1) is 0 Å². The average molecular weight is 244 g/mol. The molecule has 2 heterocycles. The van der Waals surface area contributed by atoms with Crippen LogP contribution in [0.15, 0.2) is 29.0 Å². The number of hydrogen-bond acceptors (Lipinski definition) is 5. The minimum absolute atomic E-state index is 0.262. The molecule has 0 amide bonds. The normalized spacial score (nSPS) is 24.1. The van der Waals surface area contributed by atoms with Gasteiger partial charge in [0.2, 0.25) is 11.7 Å². The molecule has 1 saturated carbocycles. The number of aromatic nitrogens is 3. The van der Waals surface area contributed by atoms with Crippen LogP contribution >= 0.6 is 0 Å². The molecule has 0 bridgehead atoms. The summed E-state index contributed by atoms with van der Waals surface area (Å²) in [5.41, 5.74) is 6.86. The summed E-state index contributed by atoms with van der Waals surface area (Å²) in [5.74, 6) is 1.63. The summed E-state index contributed by atoms with van der Waals surface area (Å²) in [6, 6.07) is 4.05. The van der Waals surface area contributed by atoms with Crippen molar-refractivity contribution < 1.29 is 4.52 Å². The number of nitrogens with two attached hydrogens (primary N) is 1. The molecule has 2 aromatic rings. The first-order valence-electron chi connectivity index (χ1n) is 6.32. The lowest BCUT2D eigenvalue weighted by molar-refractivity contribution is 0.299. The molecule has 1 fully saturated rings. The van der Waals surface area contributed by atoms with Crippen molar-refractivity contribution in [3.05, 3.63) is 30.4 Å². The van der Waals surface area contributed by atoms with E-state index < -0.39 is 0 Å². The quantitative estimate of drug-likeness (QED) is 0.875. The molecule has 0 aromatic carbocycles. The van der Waals surface area contributed by atoms with Crippen LogP contribution in [0.5, 0.6) is 0 Å². The fourth-order valence-corrected chi connectivity index (χ4v) is 2.47. The summed E-state index contributed by atoms with van der Waals surface area (Å²) < 4.78 is 5.36. The van der Waals surface area contributed by atoms with E-state index in [9.17, 15) is 0 Å². The van der Waals surface area contributed by atoms with Gasteiger partial charge in [-0.3, -0.25) is 4.98 Å². The Labute approximate surface area is 105 Å². The highest BCUT2D eigenvalue weighted by Gasteiger charge is 2.25. The van der Waals surface area contributed by atoms with Crippen LogP contribution in [0, 0.1) is 0 Å². The molecule has 1 aliphatic rings. The first-order valence-corrected chi connectivity index (χ1v) is 6.32. The Bertz CT molecular complexity index is 511. The van der Waals surface area contributed by atoms with Crippen molar-refractivity contribution in [3.8, 4) is 11.4 Å². The molecule has 94 valence electrons. The zero-order valence-electron chi connectivity index (χ0n) is 10.1. The lowest BCUT2D eigenvalue weighted by Crippen LogP contribution is -2.26. The van der Waals surface area contributed by atoms with Gasteiger partial charge in [-0.2, -0.15) is 4.98 Å². The summed E-state index contributed by atoms with van der Waals surface area (Å²) in [4.78, 5) is 8.52. The minimum atomic E-state index is 0.262. The molecule has 0 saturated heterocycles. The largest absolute Gasteiger partial charge is 0.339 e. The second-order valence-electron chi connectivity index (χ2n) is 4.82. The van der Waals surface area contributed by atoms with E-state index >= 15 is 0 Å². The molecule has 5 heteroatoms. The third kappa shape index (κ3) is 2.26. The minimum Gasteiger partial charge on any atom is -0.339 e. The van der Waals surface area contributed by atoms with Crippen LogP contribution in [0.1, 0.15) is 37.5 Å². The maximum atomic E-state index is 5.98. The molecule has 5 nitrogen and oxygen atoms in total. The van der Waals surface area contributed by atoms with E-state index in [0.29, 0.717) is 17.6 Å². The Kier molecular flexibility index (Phi) is 3.06. The molecule has 18 heavy (non-hydrogen) atoms. The highest BCUT2D eigenvalue weighted by atomic mass is 16.5. The highest BCUT2D eigenvalue weighted by Crippen LogP contribution is 2.31. The maximum Gasteiger partial charge on any atom is 0.230 e. The van der Waals surface area contributed by atoms with Gasteiger partial charge in [-0.1, -0.05) is 11.6 Å². The monoisotopic (exact) mass is 244 g/mol. The SMILES string of the molecule is NC1CCCC(c2nc(-c3cccnc3)no2)C1. The van der Waals surface area contributed by atoms with Gasteiger partial charge in [0.05, 0.1) is 0 Å². The zero-order valence-corrected chi connectivity index (χ0v) is 10.1. The van der Waals surface area contributed by atoms with E-state index in [1.807, 2.05) is 12.1 Å². The van der Waals surface area contributed by atoms with Gasteiger partial charge < -0.3 is 10.3 Å². The first-order chi connectivity index (χ1) is 8.83. The molecule has 3 rings (SSSR count). The van der Waals surface area contributed by atoms with Gasteiger partial charge in [0, 0.05) is 29.9 Å². The summed E-state index contributed by atoms with van der Waals surface area (Å²) in [6.07, 6.45) is 7.72. The predicted molar refractivity (Wildman–Crippen MR) is 66.7 cm³/mol. The van der Waals surface area contributed by atoms with E-state index in [0.717, 1.165) is 31.2 Å². The van der Waals surface area contributed by atoms with Crippen LogP contribution in [0.25, 0.3) is 11.4 Å². The van der Waals surface area contributed by atoms with Crippen LogP contribution in [-0.4, -0.2) is 21.2 Å². The molecule has 1 aliphatic carbocycles. The summed E-state index contributed by atoms with van der Waals surface area (Å²) >= 11 is 0. The molecule has 2 aromatic heterocycles. The standard InChI is InChI=1S/C13H16N4O/c14-11-5-1-3-9(7-11)13-16-12(17-18-13)10-4-2-6-15-8-10/h2,4,6,8-9,11H,1,3,5,7,14H2. The van der Waals surface area contributed by atoms with Gasteiger partial charge in [0.15, 0.2) is 0 Å². The van der Waals surface area contributed by atoms with Crippen LogP contribution in [0.3, 0.4) is 0 Å². The molecule has 0 aliphatic heterocycles. The third-order valence-corrected chi connectivity index (χ3v) is 3.43. The third-order valence-electron chi connectivity index (χ3n) is 3.43. The fourth-order valence-electron chi connectivity index (χ4n) is 2.47. The fraction of sp³-hybridized carbons (Fsp3) is 0.462. The summed E-state index contributed by atoms with van der Waals surface area (Å²) in [7, 11) is 0. The number of nitrogens with zero attached hydrogens (tertiary/aromatic N) is 3.